The molecule has 1 aromatic heterocycles. The van der Waals surface area contributed by atoms with Crippen LogP contribution in [0.5, 0.6) is 0 Å². The zero-order valence-corrected chi connectivity index (χ0v) is 18.0. The van der Waals surface area contributed by atoms with Gasteiger partial charge in [-0.15, -0.1) is 0 Å². The maximum Gasteiger partial charge on any atom is 0.332 e. The summed E-state index contributed by atoms with van der Waals surface area (Å²) in [6.45, 7) is 0. The molecule has 1 aliphatic carbocycles. The first-order valence-electron chi connectivity index (χ1n) is 10.5. The van der Waals surface area contributed by atoms with Gasteiger partial charge in [-0.1, -0.05) is 54.6 Å². The third-order valence-electron chi connectivity index (χ3n) is 6.51. The first-order chi connectivity index (χ1) is 15.8. The molecule has 0 amide bonds. The Bertz CT molecular complexity index is 1480. The van der Waals surface area contributed by atoms with E-state index in [0.29, 0.717) is 11.1 Å². The Morgan fingerprint density at radius 1 is 0.848 bits per heavy atom. The van der Waals surface area contributed by atoms with E-state index >= 15 is 0 Å². The number of hydrogen-bond acceptors (Lipinski definition) is 6. The van der Waals surface area contributed by atoms with Gasteiger partial charge in [-0.25, -0.2) is 4.79 Å². The Balaban J connectivity index is 1.75. The molecule has 166 valence electrons. The van der Waals surface area contributed by atoms with Crippen LogP contribution in [0.25, 0.3) is 5.76 Å². The Hall–Kier alpha value is -4.20. The summed E-state index contributed by atoms with van der Waals surface area (Å²) in [6, 6.07) is 14.9. The van der Waals surface area contributed by atoms with Crippen molar-refractivity contribution in [3.05, 3.63) is 103 Å². The summed E-state index contributed by atoms with van der Waals surface area (Å²) in [5.41, 5.74) is 0.669. The number of aliphatic hydroxyl groups excluding tert-OH is 1. The molecule has 1 aliphatic heterocycles. The molecule has 2 aliphatic rings. The van der Waals surface area contributed by atoms with Gasteiger partial charge in [0.1, 0.15) is 11.6 Å². The van der Waals surface area contributed by atoms with Gasteiger partial charge in [-0.05, 0) is 12.0 Å². The number of aliphatic hydroxyl groups is 1. The predicted molar refractivity (Wildman–Crippen MR) is 123 cm³/mol. The van der Waals surface area contributed by atoms with Crippen molar-refractivity contribution in [1.82, 2.24) is 9.13 Å². The van der Waals surface area contributed by atoms with Crippen molar-refractivity contribution in [1.29, 1.82) is 0 Å². The summed E-state index contributed by atoms with van der Waals surface area (Å²) in [4.78, 5) is 51.6. The van der Waals surface area contributed by atoms with Crippen LogP contribution in [-0.4, -0.2) is 31.8 Å². The largest absolute Gasteiger partial charge is 0.507 e. The molecule has 2 aromatic carbocycles. The molecule has 2 unspecified atom stereocenters. The minimum Gasteiger partial charge on any atom is -0.507 e. The van der Waals surface area contributed by atoms with E-state index in [1.165, 1.54) is 24.7 Å². The molecule has 2 N–H and O–H groups in total. The van der Waals surface area contributed by atoms with Crippen molar-refractivity contribution in [3.63, 3.8) is 0 Å². The lowest BCUT2D eigenvalue weighted by atomic mass is 9.77. The van der Waals surface area contributed by atoms with Crippen molar-refractivity contribution >= 4 is 23.1 Å². The molecule has 5 rings (SSSR count). The highest BCUT2D eigenvalue weighted by atomic mass is 16.3. The van der Waals surface area contributed by atoms with Gasteiger partial charge in [0.05, 0.1) is 17.2 Å². The van der Waals surface area contributed by atoms with E-state index in [1.807, 2.05) is 30.3 Å². The normalized spacial score (nSPS) is 19.7. The number of nitrogens with one attached hydrogen (secondary N) is 1. The number of carbonyl (C=O) groups is 2. The number of rotatable bonds is 2. The Kier molecular flexibility index (Phi) is 4.67. The number of anilines is 1. The van der Waals surface area contributed by atoms with Gasteiger partial charge in [-0.2, -0.15) is 0 Å². The van der Waals surface area contributed by atoms with E-state index in [9.17, 15) is 24.3 Å². The standard InChI is InChI=1S/C25H21N3O5/c1-27-23-18(24(32)28(2)25(27)33)16(13-8-4-3-5-9-13)12-17(26-23)19-20(29)14-10-6-7-11-15(14)21(30)22(19)31/h3-11,16-17,26,29H,12H2,1-2H3. The maximum atomic E-state index is 13.1. The van der Waals surface area contributed by atoms with Crippen LogP contribution in [-0.2, 0) is 18.9 Å². The SMILES string of the molecule is Cn1c2c(c(=O)n(C)c1=O)C(c1ccccc1)CC(C1=C(O)c3ccccc3C(=O)C1=O)N2. The Morgan fingerprint density at radius 3 is 2.18 bits per heavy atom. The van der Waals surface area contributed by atoms with E-state index in [4.69, 9.17) is 0 Å². The summed E-state index contributed by atoms with van der Waals surface area (Å²) in [5, 5.41) is 14.1. The van der Waals surface area contributed by atoms with Crippen LogP contribution in [0.4, 0.5) is 5.82 Å². The van der Waals surface area contributed by atoms with Crippen molar-refractivity contribution in [3.8, 4) is 0 Å². The van der Waals surface area contributed by atoms with Crippen LogP contribution in [0.3, 0.4) is 0 Å². The lowest BCUT2D eigenvalue weighted by molar-refractivity contribution is -0.112. The van der Waals surface area contributed by atoms with E-state index in [-0.39, 0.29) is 29.1 Å². The molecule has 0 fully saturated rings. The number of ketones is 2. The topological polar surface area (TPSA) is 110 Å². The fourth-order valence-electron chi connectivity index (χ4n) is 4.82. The van der Waals surface area contributed by atoms with Gasteiger partial charge >= 0.3 is 5.69 Å². The fraction of sp³-hybridized carbons (Fsp3) is 0.200. The summed E-state index contributed by atoms with van der Waals surface area (Å²) < 4.78 is 2.37. The maximum absolute atomic E-state index is 13.1. The molecule has 2 atom stereocenters. The van der Waals surface area contributed by atoms with Gasteiger partial charge in [-0.3, -0.25) is 23.5 Å². The highest BCUT2D eigenvalue weighted by Crippen LogP contribution is 2.40. The van der Waals surface area contributed by atoms with Crippen LogP contribution in [0, 0.1) is 0 Å². The second-order valence-corrected chi connectivity index (χ2v) is 8.33. The third kappa shape index (κ3) is 2.98. The quantitative estimate of drug-likeness (QED) is 0.587. The number of hydrogen-bond donors (Lipinski definition) is 2. The summed E-state index contributed by atoms with van der Waals surface area (Å²) >= 11 is 0. The average molecular weight is 443 g/mol. The molecule has 33 heavy (non-hydrogen) atoms. The predicted octanol–water partition coefficient (Wildman–Crippen LogP) is 2.13. The van der Waals surface area contributed by atoms with Crippen molar-refractivity contribution in [2.45, 2.75) is 18.4 Å². The minimum atomic E-state index is -0.798. The van der Waals surface area contributed by atoms with Gasteiger partial charge in [0.2, 0.25) is 11.6 Å². The second kappa shape index (κ2) is 7.44. The van der Waals surface area contributed by atoms with Crippen LogP contribution in [0.15, 0.2) is 69.8 Å². The van der Waals surface area contributed by atoms with E-state index in [1.54, 1.807) is 18.2 Å². The fourth-order valence-corrected chi connectivity index (χ4v) is 4.82. The Morgan fingerprint density at radius 2 is 1.48 bits per heavy atom. The van der Waals surface area contributed by atoms with Crippen molar-refractivity contribution in [2.75, 3.05) is 5.32 Å². The third-order valence-corrected chi connectivity index (χ3v) is 6.51. The monoisotopic (exact) mass is 443 g/mol. The van der Waals surface area contributed by atoms with Crippen LogP contribution < -0.4 is 16.6 Å². The number of carbonyl (C=O) groups excluding carboxylic acids is 2. The van der Waals surface area contributed by atoms with Gasteiger partial charge < -0.3 is 10.4 Å². The molecule has 3 aromatic rings. The zero-order valence-electron chi connectivity index (χ0n) is 18.0. The van der Waals surface area contributed by atoms with E-state index in [2.05, 4.69) is 5.32 Å². The molecular formula is C25H21N3O5. The van der Waals surface area contributed by atoms with Crippen LogP contribution in [0.2, 0.25) is 0 Å². The van der Waals surface area contributed by atoms with Crippen LogP contribution >= 0.6 is 0 Å². The molecule has 0 saturated carbocycles. The number of fused-ring (bicyclic) bond motifs is 2. The van der Waals surface area contributed by atoms with E-state index in [0.717, 1.165) is 10.1 Å². The molecule has 8 nitrogen and oxygen atoms in total. The molecule has 0 bridgehead atoms. The lowest BCUT2D eigenvalue weighted by Crippen LogP contribution is -2.46. The Labute approximate surface area is 188 Å². The van der Waals surface area contributed by atoms with Crippen LogP contribution in [0.1, 0.15) is 39.4 Å². The number of benzene rings is 2. The lowest BCUT2D eigenvalue weighted by Gasteiger charge is -2.35. The number of Topliss-reactive ketones (excluding diaryl/α,β-unsaturated/α-hetero) is 2. The first-order valence-corrected chi connectivity index (χ1v) is 10.5. The number of aromatic nitrogens is 2. The molecule has 2 heterocycles. The minimum absolute atomic E-state index is 0.0570. The summed E-state index contributed by atoms with van der Waals surface area (Å²) in [6.07, 6.45) is 0.241. The molecule has 0 radical (unpaired) electrons. The highest BCUT2D eigenvalue weighted by Gasteiger charge is 2.41. The smallest absolute Gasteiger partial charge is 0.332 e. The van der Waals surface area contributed by atoms with Crippen molar-refractivity contribution < 1.29 is 14.7 Å². The molecule has 0 spiro atoms. The van der Waals surface area contributed by atoms with Gasteiger partial charge in [0.25, 0.3) is 5.56 Å². The zero-order chi connectivity index (χ0) is 23.4. The first kappa shape index (κ1) is 20.7. The number of nitrogens with zero attached hydrogens (tertiary/aromatic N) is 2. The highest BCUT2D eigenvalue weighted by molar-refractivity contribution is 6.52. The molecular weight excluding hydrogens is 422 g/mol. The van der Waals surface area contributed by atoms with Gasteiger partial charge in [0, 0.05) is 31.1 Å². The average Bonchev–Trinajstić information content (AvgIpc) is 2.85. The molecule has 0 saturated heterocycles. The summed E-state index contributed by atoms with van der Waals surface area (Å²) in [7, 11) is 2.96. The van der Waals surface area contributed by atoms with Gasteiger partial charge in [0.15, 0.2) is 0 Å². The second-order valence-electron chi connectivity index (χ2n) is 8.33. The van der Waals surface area contributed by atoms with Crippen molar-refractivity contribution in [2.24, 2.45) is 14.1 Å². The van der Waals surface area contributed by atoms with E-state index < -0.39 is 34.8 Å². The molecule has 8 heteroatoms. The summed E-state index contributed by atoms with van der Waals surface area (Å²) in [5.74, 6) is -1.95.